The van der Waals surface area contributed by atoms with Crippen LogP contribution in [0.5, 0.6) is 0 Å². The fourth-order valence-electron chi connectivity index (χ4n) is 1.83. The average Bonchev–Trinajstić information content (AvgIpc) is 2.65. The molecule has 1 N–H and O–H groups in total. The Morgan fingerprint density at radius 3 is 2.50 bits per heavy atom. The number of ether oxygens (including phenoxy) is 2. The Labute approximate surface area is 105 Å². The topological polar surface area (TPSA) is 77.8 Å². The molecule has 6 nitrogen and oxygen atoms in total. The Kier molecular flexibility index (Phi) is 4.91. The van der Waals surface area contributed by atoms with Crippen molar-refractivity contribution in [3.8, 4) is 0 Å². The van der Waals surface area contributed by atoms with Gasteiger partial charge in [0.1, 0.15) is 0 Å². The molecule has 0 saturated heterocycles. The van der Waals surface area contributed by atoms with Gasteiger partial charge in [0.15, 0.2) is 0 Å². The first-order valence-corrected chi connectivity index (χ1v) is 5.49. The number of aryl methyl sites for hydroxylation is 1. The number of aliphatic hydroxyl groups excluding tert-OH is 1. The number of hydrogen-bond acceptors (Lipinski definition) is 5. The van der Waals surface area contributed by atoms with Gasteiger partial charge in [0, 0.05) is 18.4 Å². The molecule has 0 aromatic carbocycles. The number of rotatable bonds is 5. The highest BCUT2D eigenvalue weighted by Gasteiger charge is 2.22. The Hall–Kier alpha value is -1.82. The molecular weight excluding hydrogens is 238 g/mol. The van der Waals surface area contributed by atoms with Crippen LogP contribution in [0.2, 0.25) is 0 Å². The van der Waals surface area contributed by atoms with Gasteiger partial charge in [-0.2, -0.15) is 0 Å². The molecule has 0 fully saturated rings. The second-order valence-corrected chi connectivity index (χ2v) is 3.80. The zero-order chi connectivity index (χ0) is 13.7. The first kappa shape index (κ1) is 14.2. The minimum Gasteiger partial charge on any atom is -0.469 e. The lowest BCUT2D eigenvalue weighted by Gasteiger charge is -2.08. The summed E-state index contributed by atoms with van der Waals surface area (Å²) in [6, 6.07) is 0. The highest BCUT2D eigenvalue weighted by molar-refractivity contribution is 5.93. The monoisotopic (exact) mass is 255 g/mol. The number of aliphatic hydroxyl groups is 1. The maximum Gasteiger partial charge on any atom is 0.339 e. The molecule has 0 bridgehead atoms. The molecule has 0 aliphatic rings. The summed E-state index contributed by atoms with van der Waals surface area (Å²) in [5, 5.41) is 8.98. The first-order chi connectivity index (χ1) is 8.54. The van der Waals surface area contributed by atoms with Gasteiger partial charge < -0.3 is 19.1 Å². The lowest BCUT2D eigenvalue weighted by atomic mass is 10.1. The molecule has 0 spiro atoms. The van der Waals surface area contributed by atoms with Crippen LogP contribution in [0, 0.1) is 6.92 Å². The molecule has 0 aliphatic carbocycles. The summed E-state index contributed by atoms with van der Waals surface area (Å²) in [5.74, 6) is -0.944. The Balaban J connectivity index is 3.21. The van der Waals surface area contributed by atoms with E-state index >= 15 is 0 Å². The zero-order valence-corrected chi connectivity index (χ0v) is 10.7. The Morgan fingerprint density at radius 1 is 1.33 bits per heavy atom. The number of hydrogen-bond donors (Lipinski definition) is 1. The fourth-order valence-corrected chi connectivity index (χ4v) is 1.83. The summed E-state index contributed by atoms with van der Waals surface area (Å²) in [6.07, 6.45) is 1.68. The van der Waals surface area contributed by atoms with E-state index in [2.05, 4.69) is 4.74 Å². The normalized spacial score (nSPS) is 10.2. The average molecular weight is 255 g/mol. The Bertz CT molecular complexity index is 450. The van der Waals surface area contributed by atoms with E-state index in [1.165, 1.54) is 14.2 Å². The van der Waals surface area contributed by atoms with Crippen molar-refractivity contribution in [2.24, 2.45) is 0 Å². The van der Waals surface area contributed by atoms with Crippen molar-refractivity contribution in [3.05, 3.63) is 23.0 Å². The first-order valence-electron chi connectivity index (χ1n) is 5.49. The molecule has 100 valence electrons. The molecule has 1 aromatic rings. The summed E-state index contributed by atoms with van der Waals surface area (Å²) in [5.41, 5.74) is 1.56. The van der Waals surface area contributed by atoms with Gasteiger partial charge in [0.05, 0.1) is 32.8 Å². The van der Waals surface area contributed by atoms with Crippen molar-refractivity contribution in [3.63, 3.8) is 0 Å². The molecule has 0 atom stereocenters. The minimum atomic E-state index is -0.497. The molecule has 6 heteroatoms. The predicted octanol–water partition coefficient (Wildman–Crippen LogP) is 0.291. The molecule has 0 unspecified atom stereocenters. The molecule has 1 heterocycles. The molecule has 1 aromatic heterocycles. The van der Waals surface area contributed by atoms with E-state index < -0.39 is 11.9 Å². The van der Waals surface area contributed by atoms with E-state index in [-0.39, 0.29) is 13.0 Å². The SMILES string of the molecule is COC(=O)Cc1c(C(=O)OC)c(C)cn1CCO. The Morgan fingerprint density at radius 2 is 2.00 bits per heavy atom. The van der Waals surface area contributed by atoms with Gasteiger partial charge in [-0.1, -0.05) is 0 Å². The van der Waals surface area contributed by atoms with Gasteiger partial charge in [-0.15, -0.1) is 0 Å². The summed E-state index contributed by atoms with van der Waals surface area (Å²) in [6.45, 7) is 1.98. The number of carbonyl (C=O) groups excluding carboxylic acids is 2. The van der Waals surface area contributed by atoms with Crippen molar-refractivity contribution >= 4 is 11.9 Å². The van der Waals surface area contributed by atoms with Gasteiger partial charge in [-0.05, 0) is 12.5 Å². The lowest BCUT2D eigenvalue weighted by Crippen LogP contribution is -2.15. The number of carbonyl (C=O) groups is 2. The number of esters is 2. The van der Waals surface area contributed by atoms with E-state index in [0.717, 1.165) is 0 Å². The van der Waals surface area contributed by atoms with Gasteiger partial charge in [0.25, 0.3) is 0 Å². The van der Waals surface area contributed by atoms with Crippen LogP contribution in [-0.2, 0) is 27.2 Å². The third-order valence-electron chi connectivity index (χ3n) is 2.65. The van der Waals surface area contributed by atoms with Crippen molar-refractivity contribution in [1.82, 2.24) is 4.57 Å². The van der Waals surface area contributed by atoms with E-state index in [1.54, 1.807) is 17.7 Å². The third-order valence-corrected chi connectivity index (χ3v) is 2.65. The summed E-state index contributed by atoms with van der Waals surface area (Å²) < 4.78 is 11.0. The van der Waals surface area contributed by atoms with Crippen LogP contribution in [0.25, 0.3) is 0 Å². The van der Waals surface area contributed by atoms with E-state index in [0.29, 0.717) is 23.4 Å². The molecule has 0 aliphatic heterocycles. The highest BCUT2D eigenvalue weighted by atomic mass is 16.5. The van der Waals surface area contributed by atoms with Crippen molar-refractivity contribution < 1.29 is 24.2 Å². The molecule has 1 rings (SSSR count). The number of methoxy groups -OCH3 is 2. The van der Waals surface area contributed by atoms with Crippen LogP contribution in [0.4, 0.5) is 0 Å². The quantitative estimate of drug-likeness (QED) is 0.765. The van der Waals surface area contributed by atoms with Crippen LogP contribution in [-0.4, -0.2) is 42.4 Å². The number of nitrogens with zero attached hydrogens (tertiary/aromatic N) is 1. The molecule has 0 amide bonds. The fraction of sp³-hybridized carbons (Fsp3) is 0.500. The molecule has 18 heavy (non-hydrogen) atoms. The van der Waals surface area contributed by atoms with E-state index in [1.807, 2.05) is 0 Å². The van der Waals surface area contributed by atoms with Crippen molar-refractivity contribution in [2.45, 2.75) is 19.9 Å². The maximum absolute atomic E-state index is 11.7. The minimum absolute atomic E-state index is 0.0330. The van der Waals surface area contributed by atoms with Crippen LogP contribution in [0.15, 0.2) is 6.20 Å². The van der Waals surface area contributed by atoms with Crippen LogP contribution < -0.4 is 0 Å². The highest BCUT2D eigenvalue weighted by Crippen LogP contribution is 2.19. The second-order valence-electron chi connectivity index (χ2n) is 3.80. The standard InChI is InChI=1S/C12H17NO5/c1-8-7-13(4-5-14)9(6-10(15)17-2)11(8)12(16)18-3/h7,14H,4-6H2,1-3H3. The van der Waals surface area contributed by atoms with Crippen molar-refractivity contribution in [1.29, 1.82) is 0 Å². The van der Waals surface area contributed by atoms with Crippen LogP contribution >= 0.6 is 0 Å². The van der Waals surface area contributed by atoms with Gasteiger partial charge in [-0.25, -0.2) is 4.79 Å². The molecule has 0 radical (unpaired) electrons. The largest absolute Gasteiger partial charge is 0.469 e. The van der Waals surface area contributed by atoms with Gasteiger partial charge >= 0.3 is 11.9 Å². The summed E-state index contributed by atoms with van der Waals surface area (Å²) in [7, 11) is 2.57. The molecule has 0 saturated carbocycles. The van der Waals surface area contributed by atoms with Gasteiger partial charge in [-0.3, -0.25) is 4.79 Å². The number of aromatic nitrogens is 1. The summed E-state index contributed by atoms with van der Waals surface area (Å²) in [4.78, 5) is 23.1. The van der Waals surface area contributed by atoms with E-state index in [9.17, 15) is 9.59 Å². The van der Waals surface area contributed by atoms with Crippen LogP contribution in [0.3, 0.4) is 0 Å². The smallest absolute Gasteiger partial charge is 0.339 e. The summed E-state index contributed by atoms with van der Waals surface area (Å²) >= 11 is 0. The lowest BCUT2D eigenvalue weighted by molar-refractivity contribution is -0.139. The third kappa shape index (κ3) is 2.89. The zero-order valence-electron chi connectivity index (χ0n) is 10.7. The predicted molar refractivity (Wildman–Crippen MR) is 63.3 cm³/mol. The van der Waals surface area contributed by atoms with Crippen LogP contribution in [0.1, 0.15) is 21.6 Å². The van der Waals surface area contributed by atoms with E-state index in [4.69, 9.17) is 9.84 Å². The molecular formula is C12H17NO5. The van der Waals surface area contributed by atoms with Crippen molar-refractivity contribution in [2.75, 3.05) is 20.8 Å². The maximum atomic E-state index is 11.7. The van der Waals surface area contributed by atoms with Gasteiger partial charge in [0.2, 0.25) is 0 Å². The second kappa shape index (κ2) is 6.20.